The Labute approximate surface area is 126 Å². The summed E-state index contributed by atoms with van der Waals surface area (Å²) >= 11 is 0. The van der Waals surface area contributed by atoms with Crippen molar-refractivity contribution in [3.8, 4) is 11.1 Å². The molecule has 0 amide bonds. The highest BCUT2D eigenvalue weighted by atomic mass is 14.2. The molecule has 20 heavy (non-hydrogen) atoms. The fourth-order valence-corrected chi connectivity index (χ4v) is 2.08. The van der Waals surface area contributed by atoms with Crippen LogP contribution in [-0.4, -0.2) is 0 Å². The topological polar surface area (TPSA) is 0 Å². The van der Waals surface area contributed by atoms with Gasteiger partial charge in [0.2, 0.25) is 0 Å². The van der Waals surface area contributed by atoms with Crippen molar-refractivity contribution in [1.29, 1.82) is 0 Å². The molecule has 0 saturated heterocycles. The number of hydrogen-bond acceptors (Lipinski definition) is 0. The van der Waals surface area contributed by atoms with Gasteiger partial charge in [0, 0.05) is 0 Å². The summed E-state index contributed by atoms with van der Waals surface area (Å²) in [7, 11) is 0. The molecule has 0 fully saturated rings. The summed E-state index contributed by atoms with van der Waals surface area (Å²) in [5.41, 5.74) is 5.75. The lowest BCUT2D eigenvalue weighted by Gasteiger charge is -1.98. The molecular weight excluding hydrogens is 240 g/mol. The number of fused-ring (bicyclic) bond motifs is 3. The first kappa shape index (κ1) is 20.8. The first-order valence-electron chi connectivity index (χ1n) is 7.61. The fourth-order valence-electron chi connectivity index (χ4n) is 2.08. The lowest BCUT2D eigenvalue weighted by atomic mass is 10.1. The highest BCUT2D eigenvalue weighted by Crippen LogP contribution is 2.35. The van der Waals surface area contributed by atoms with Crippen LogP contribution in [0.4, 0.5) is 0 Å². The molecule has 0 unspecified atom stereocenters. The average molecular weight is 272 g/mol. The van der Waals surface area contributed by atoms with E-state index in [1.165, 1.54) is 22.3 Å². The third-order valence-electron chi connectivity index (χ3n) is 2.71. The van der Waals surface area contributed by atoms with E-state index < -0.39 is 0 Å². The second-order valence-electron chi connectivity index (χ2n) is 3.49. The predicted molar refractivity (Wildman–Crippen MR) is 95.5 cm³/mol. The van der Waals surface area contributed by atoms with Gasteiger partial charge in [-0.05, 0) is 28.7 Å². The molecule has 2 aromatic rings. The smallest absolute Gasteiger partial charge is 0.00135 e. The maximum Gasteiger partial charge on any atom is -0.00135 e. The average Bonchev–Trinajstić information content (AvgIpc) is 2.92. The van der Waals surface area contributed by atoms with Crippen molar-refractivity contribution in [2.24, 2.45) is 0 Å². The van der Waals surface area contributed by atoms with E-state index in [9.17, 15) is 0 Å². The van der Waals surface area contributed by atoms with Crippen LogP contribution in [0.5, 0.6) is 0 Å². The molecule has 0 spiro atoms. The van der Waals surface area contributed by atoms with Gasteiger partial charge in [-0.1, -0.05) is 97.5 Å². The van der Waals surface area contributed by atoms with Gasteiger partial charge in [0.1, 0.15) is 0 Å². The van der Waals surface area contributed by atoms with Crippen molar-refractivity contribution in [3.05, 3.63) is 59.7 Å². The summed E-state index contributed by atoms with van der Waals surface area (Å²) in [6, 6.07) is 17.3. The van der Waals surface area contributed by atoms with Gasteiger partial charge in [0.15, 0.2) is 0 Å². The third kappa shape index (κ3) is 4.85. The normalized spacial score (nSPS) is 8.90. The Hall–Kier alpha value is -1.56. The van der Waals surface area contributed by atoms with E-state index in [-0.39, 0.29) is 7.43 Å². The summed E-state index contributed by atoms with van der Waals surface area (Å²) < 4.78 is 0. The Balaban J connectivity index is 0. The van der Waals surface area contributed by atoms with Crippen LogP contribution in [-0.2, 0) is 6.42 Å². The van der Waals surface area contributed by atoms with E-state index in [4.69, 9.17) is 0 Å². The molecule has 0 aromatic heterocycles. The fraction of sp³-hybridized carbons (Fsp3) is 0.400. The molecule has 0 nitrogen and oxygen atoms in total. The zero-order valence-electron chi connectivity index (χ0n) is 13.3. The quantitative estimate of drug-likeness (QED) is 0.414. The molecule has 0 saturated carbocycles. The maximum absolute atomic E-state index is 2.22. The largest absolute Gasteiger partial charge is 0.0776 e. The highest BCUT2D eigenvalue weighted by molar-refractivity contribution is 5.76. The molecule has 0 bridgehead atoms. The van der Waals surface area contributed by atoms with E-state index >= 15 is 0 Å². The van der Waals surface area contributed by atoms with E-state index in [0.29, 0.717) is 0 Å². The monoisotopic (exact) mass is 272 g/mol. The molecule has 1 aliphatic carbocycles. The minimum absolute atomic E-state index is 0. The molecule has 2 aromatic carbocycles. The number of hydrogen-bond donors (Lipinski definition) is 0. The molecular formula is C20H32. The van der Waals surface area contributed by atoms with Crippen molar-refractivity contribution < 1.29 is 0 Å². The second kappa shape index (κ2) is 12.5. The van der Waals surface area contributed by atoms with Crippen molar-refractivity contribution >= 4 is 0 Å². The van der Waals surface area contributed by atoms with E-state index in [1.54, 1.807) is 0 Å². The molecule has 112 valence electrons. The number of benzene rings is 2. The van der Waals surface area contributed by atoms with Gasteiger partial charge in [0.05, 0.1) is 0 Å². The second-order valence-corrected chi connectivity index (χ2v) is 3.49. The van der Waals surface area contributed by atoms with Gasteiger partial charge in [-0.3, -0.25) is 0 Å². The predicted octanol–water partition coefficient (Wildman–Crippen LogP) is 6.97. The van der Waals surface area contributed by atoms with Crippen molar-refractivity contribution in [1.82, 2.24) is 0 Å². The van der Waals surface area contributed by atoms with Gasteiger partial charge in [-0.25, -0.2) is 0 Å². The van der Waals surface area contributed by atoms with Crippen molar-refractivity contribution in [3.63, 3.8) is 0 Å². The van der Waals surface area contributed by atoms with Gasteiger partial charge < -0.3 is 0 Å². The van der Waals surface area contributed by atoms with E-state index in [0.717, 1.165) is 6.42 Å². The minimum Gasteiger partial charge on any atom is -0.0776 e. The molecule has 0 N–H and O–H groups in total. The maximum atomic E-state index is 2.22. The van der Waals surface area contributed by atoms with Crippen LogP contribution in [0.2, 0.25) is 0 Å². The Morgan fingerprint density at radius 1 is 0.550 bits per heavy atom. The Kier molecular flexibility index (Phi) is 12.9. The molecule has 0 heteroatoms. The SMILES string of the molecule is C.CC.CC.CC.c1ccc2c(c1)Cc1ccccc1-2. The Morgan fingerprint density at radius 3 is 1.20 bits per heavy atom. The first-order valence-corrected chi connectivity index (χ1v) is 7.61. The Bertz CT molecular complexity index is 412. The summed E-state index contributed by atoms with van der Waals surface area (Å²) in [5, 5.41) is 0. The van der Waals surface area contributed by atoms with Crippen LogP contribution in [0.1, 0.15) is 60.1 Å². The van der Waals surface area contributed by atoms with Crippen LogP contribution >= 0.6 is 0 Å². The van der Waals surface area contributed by atoms with Crippen molar-refractivity contribution in [2.45, 2.75) is 55.4 Å². The molecule has 0 heterocycles. The summed E-state index contributed by atoms with van der Waals surface area (Å²) in [5.74, 6) is 0. The van der Waals surface area contributed by atoms with Crippen LogP contribution in [0.25, 0.3) is 11.1 Å². The van der Waals surface area contributed by atoms with Crippen LogP contribution < -0.4 is 0 Å². The molecule has 0 aliphatic heterocycles. The standard InChI is InChI=1S/C13H10.3C2H6.CH4/c1-3-7-12-10(5-1)9-11-6-2-4-8-13(11)12;3*1-2;/h1-8H,9H2;3*1-2H3;1H4. The first-order chi connectivity index (χ1) is 9.45. The minimum atomic E-state index is 0. The van der Waals surface area contributed by atoms with Crippen LogP contribution in [0.3, 0.4) is 0 Å². The highest BCUT2D eigenvalue weighted by Gasteiger charge is 2.15. The molecule has 0 radical (unpaired) electrons. The van der Waals surface area contributed by atoms with Gasteiger partial charge >= 0.3 is 0 Å². The lowest BCUT2D eigenvalue weighted by molar-refractivity contribution is 1.26. The summed E-state index contributed by atoms with van der Waals surface area (Å²) in [6.07, 6.45) is 1.10. The zero-order valence-corrected chi connectivity index (χ0v) is 13.3. The van der Waals surface area contributed by atoms with Gasteiger partial charge in [-0.15, -0.1) is 0 Å². The third-order valence-corrected chi connectivity index (χ3v) is 2.71. The van der Waals surface area contributed by atoms with E-state index in [1.807, 2.05) is 41.5 Å². The molecule has 0 atom stereocenters. The van der Waals surface area contributed by atoms with Crippen molar-refractivity contribution in [2.75, 3.05) is 0 Å². The van der Waals surface area contributed by atoms with Crippen LogP contribution in [0.15, 0.2) is 48.5 Å². The molecule has 3 rings (SSSR count). The van der Waals surface area contributed by atoms with Gasteiger partial charge in [0.25, 0.3) is 0 Å². The number of rotatable bonds is 0. The summed E-state index contributed by atoms with van der Waals surface area (Å²) in [6.45, 7) is 12.0. The van der Waals surface area contributed by atoms with Crippen LogP contribution in [0, 0.1) is 0 Å². The van der Waals surface area contributed by atoms with E-state index in [2.05, 4.69) is 48.5 Å². The Morgan fingerprint density at radius 2 is 0.850 bits per heavy atom. The lowest BCUT2D eigenvalue weighted by Crippen LogP contribution is -1.77. The van der Waals surface area contributed by atoms with Gasteiger partial charge in [-0.2, -0.15) is 0 Å². The zero-order chi connectivity index (χ0) is 14.7. The molecule has 1 aliphatic rings. The summed E-state index contributed by atoms with van der Waals surface area (Å²) in [4.78, 5) is 0.